The van der Waals surface area contributed by atoms with Crippen LogP contribution in [0.5, 0.6) is 5.75 Å². The van der Waals surface area contributed by atoms with E-state index in [1.807, 2.05) is 24.3 Å². The Morgan fingerprint density at radius 2 is 1.47 bits per heavy atom. The number of ether oxygens (including phenoxy) is 2. The summed E-state index contributed by atoms with van der Waals surface area (Å²) < 4.78 is 10.2. The number of carbonyl (C=O) groups is 3. The van der Waals surface area contributed by atoms with Gasteiger partial charge in [0, 0.05) is 20.0 Å². The Labute approximate surface area is 176 Å². The van der Waals surface area contributed by atoms with Crippen molar-refractivity contribution in [3.05, 3.63) is 54.1 Å². The largest absolute Gasteiger partial charge is 0.452 e. The van der Waals surface area contributed by atoms with Crippen LogP contribution in [0.25, 0.3) is 11.1 Å². The molecule has 2 aromatic carbocycles. The Kier molecular flexibility index (Phi) is 7.22. The highest BCUT2D eigenvalue weighted by Gasteiger charge is 2.23. The van der Waals surface area contributed by atoms with Crippen molar-refractivity contribution in [3.8, 4) is 16.9 Å². The molecule has 6 heteroatoms. The summed E-state index contributed by atoms with van der Waals surface area (Å²) in [7, 11) is 1.79. The lowest BCUT2D eigenvalue weighted by atomic mass is 9.94. The number of benzene rings is 2. The maximum absolute atomic E-state index is 12.3. The van der Waals surface area contributed by atoms with E-state index in [-0.39, 0.29) is 24.5 Å². The smallest absolute Gasteiger partial charge is 0.338 e. The summed E-state index contributed by atoms with van der Waals surface area (Å²) in [4.78, 5) is 37.3. The standard InChI is InChI=1S/C24H27NO5/c1-17(26)30-22-14-12-19(13-15-22)18-8-10-20(11-9-18)24(28)29-16-23(27)25(2)21-6-4-3-5-7-21/h8-15,21H,3-7,16H2,1-2H3. The van der Waals surface area contributed by atoms with Crippen LogP contribution in [0.3, 0.4) is 0 Å². The molecule has 1 amide bonds. The molecule has 0 spiro atoms. The van der Waals surface area contributed by atoms with Crippen molar-refractivity contribution in [1.29, 1.82) is 0 Å². The monoisotopic (exact) mass is 409 g/mol. The van der Waals surface area contributed by atoms with Crippen LogP contribution in [0.4, 0.5) is 0 Å². The van der Waals surface area contributed by atoms with Crippen LogP contribution in [-0.4, -0.2) is 42.4 Å². The highest BCUT2D eigenvalue weighted by molar-refractivity contribution is 5.92. The summed E-state index contributed by atoms with van der Waals surface area (Å²) in [6.45, 7) is 1.11. The van der Waals surface area contributed by atoms with Crippen LogP contribution in [0.15, 0.2) is 48.5 Å². The van der Waals surface area contributed by atoms with Crippen molar-refractivity contribution in [2.75, 3.05) is 13.7 Å². The lowest BCUT2D eigenvalue weighted by Crippen LogP contribution is -2.40. The number of hydrogen-bond donors (Lipinski definition) is 0. The minimum Gasteiger partial charge on any atom is -0.452 e. The molecule has 1 fully saturated rings. The van der Waals surface area contributed by atoms with Gasteiger partial charge in [0.1, 0.15) is 5.75 Å². The Bertz CT molecular complexity index is 883. The summed E-state index contributed by atoms with van der Waals surface area (Å²) in [5, 5.41) is 0. The lowest BCUT2D eigenvalue weighted by molar-refractivity contribution is -0.136. The van der Waals surface area contributed by atoms with E-state index in [0.717, 1.165) is 36.8 Å². The zero-order valence-electron chi connectivity index (χ0n) is 17.4. The summed E-state index contributed by atoms with van der Waals surface area (Å²) in [6.07, 6.45) is 5.53. The third-order valence-electron chi connectivity index (χ3n) is 5.41. The van der Waals surface area contributed by atoms with Crippen molar-refractivity contribution in [3.63, 3.8) is 0 Å². The van der Waals surface area contributed by atoms with Gasteiger partial charge in [0.05, 0.1) is 5.56 Å². The molecule has 3 rings (SSSR count). The van der Waals surface area contributed by atoms with E-state index < -0.39 is 5.97 Å². The molecule has 158 valence electrons. The van der Waals surface area contributed by atoms with E-state index in [0.29, 0.717) is 11.3 Å². The number of rotatable bonds is 6. The summed E-state index contributed by atoms with van der Waals surface area (Å²) >= 11 is 0. The quantitative estimate of drug-likeness (QED) is 0.527. The molecule has 0 aliphatic heterocycles. The molecule has 1 aliphatic carbocycles. The van der Waals surface area contributed by atoms with Crippen molar-refractivity contribution >= 4 is 17.8 Å². The molecular formula is C24H27NO5. The van der Waals surface area contributed by atoms with Crippen molar-refractivity contribution in [2.45, 2.75) is 45.1 Å². The van der Waals surface area contributed by atoms with Crippen LogP contribution in [0.2, 0.25) is 0 Å². The predicted octanol–water partition coefficient (Wildman–Crippen LogP) is 4.23. The Morgan fingerprint density at radius 3 is 2.03 bits per heavy atom. The minimum absolute atomic E-state index is 0.167. The number of amides is 1. The number of nitrogens with zero attached hydrogens (tertiary/aromatic N) is 1. The fourth-order valence-electron chi connectivity index (χ4n) is 3.66. The fourth-order valence-corrected chi connectivity index (χ4v) is 3.66. The maximum atomic E-state index is 12.3. The van der Waals surface area contributed by atoms with Gasteiger partial charge in [-0.3, -0.25) is 9.59 Å². The number of esters is 2. The zero-order valence-corrected chi connectivity index (χ0v) is 17.4. The SMILES string of the molecule is CC(=O)Oc1ccc(-c2ccc(C(=O)OCC(=O)N(C)C3CCCCC3)cc2)cc1. The first-order valence-electron chi connectivity index (χ1n) is 10.3. The second-order valence-electron chi connectivity index (χ2n) is 7.57. The Morgan fingerprint density at radius 1 is 0.900 bits per heavy atom. The second kappa shape index (κ2) is 10.1. The first kappa shape index (κ1) is 21.6. The third-order valence-corrected chi connectivity index (χ3v) is 5.41. The van der Waals surface area contributed by atoms with E-state index in [4.69, 9.17) is 9.47 Å². The maximum Gasteiger partial charge on any atom is 0.338 e. The Balaban J connectivity index is 1.54. The van der Waals surface area contributed by atoms with Crippen molar-refractivity contribution < 1.29 is 23.9 Å². The molecule has 0 heterocycles. The first-order valence-corrected chi connectivity index (χ1v) is 10.3. The summed E-state index contributed by atoms with van der Waals surface area (Å²) in [5.41, 5.74) is 2.23. The normalized spacial score (nSPS) is 14.1. The highest BCUT2D eigenvalue weighted by atomic mass is 16.5. The predicted molar refractivity (Wildman–Crippen MR) is 113 cm³/mol. The molecule has 1 aliphatic rings. The molecule has 0 N–H and O–H groups in total. The van der Waals surface area contributed by atoms with Crippen LogP contribution in [0, 0.1) is 0 Å². The topological polar surface area (TPSA) is 72.9 Å². The highest BCUT2D eigenvalue weighted by Crippen LogP contribution is 2.24. The van der Waals surface area contributed by atoms with Gasteiger partial charge in [0.15, 0.2) is 6.61 Å². The number of hydrogen-bond acceptors (Lipinski definition) is 5. The van der Waals surface area contributed by atoms with Gasteiger partial charge in [-0.1, -0.05) is 43.5 Å². The second-order valence-corrected chi connectivity index (χ2v) is 7.57. The molecule has 0 saturated heterocycles. The molecule has 0 bridgehead atoms. The van der Waals surface area contributed by atoms with E-state index >= 15 is 0 Å². The minimum atomic E-state index is -0.517. The average molecular weight is 409 g/mol. The van der Waals surface area contributed by atoms with Crippen LogP contribution >= 0.6 is 0 Å². The van der Waals surface area contributed by atoms with Gasteiger partial charge >= 0.3 is 11.9 Å². The Hall–Kier alpha value is -3.15. The van der Waals surface area contributed by atoms with Crippen LogP contribution in [0.1, 0.15) is 49.4 Å². The zero-order chi connectivity index (χ0) is 21.5. The van der Waals surface area contributed by atoms with Gasteiger partial charge in [-0.25, -0.2) is 4.79 Å². The summed E-state index contributed by atoms with van der Waals surface area (Å²) in [6, 6.07) is 14.3. The molecule has 2 aromatic rings. The molecule has 6 nitrogen and oxygen atoms in total. The van der Waals surface area contributed by atoms with Crippen molar-refractivity contribution in [1.82, 2.24) is 4.90 Å². The van der Waals surface area contributed by atoms with Gasteiger partial charge in [-0.05, 0) is 48.2 Å². The van der Waals surface area contributed by atoms with E-state index in [2.05, 4.69) is 0 Å². The molecular weight excluding hydrogens is 382 g/mol. The molecule has 0 atom stereocenters. The van der Waals surface area contributed by atoms with Gasteiger partial charge in [-0.15, -0.1) is 0 Å². The van der Waals surface area contributed by atoms with Gasteiger partial charge in [0.25, 0.3) is 5.91 Å². The van der Waals surface area contributed by atoms with Gasteiger partial charge in [-0.2, -0.15) is 0 Å². The number of carbonyl (C=O) groups excluding carboxylic acids is 3. The lowest BCUT2D eigenvalue weighted by Gasteiger charge is -2.31. The van der Waals surface area contributed by atoms with Crippen molar-refractivity contribution in [2.24, 2.45) is 0 Å². The molecule has 0 aromatic heterocycles. The van der Waals surface area contributed by atoms with E-state index in [9.17, 15) is 14.4 Å². The van der Waals surface area contributed by atoms with Gasteiger partial charge < -0.3 is 14.4 Å². The third kappa shape index (κ3) is 5.69. The van der Waals surface area contributed by atoms with E-state index in [1.54, 1.807) is 36.2 Å². The van der Waals surface area contributed by atoms with E-state index in [1.165, 1.54) is 13.3 Å². The fraction of sp³-hybridized carbons (Fsp3) is 0.375. The molecule has 0 radical (unpaired) electrons. The molecule has 0 unspecified atom stereocenters. The summed E-state index contributed by atoms with van der Waals surface area (Å²) in [5.74, 6) is -0.569. The number of likely N-dealkylation sites (N-methyl/N-ethyl adjacent to an activating group) is 1. The van der Waals surface area contributed by atoms with Gasteiger partial charge in [0.2, 0.25) is 0 Å². The average Bonchev–Trinajstić information content (AvgIpc) is 2.77. The van der Waals surface area contributed by atoms with Crippen LogP contribution in [-0.2, 0) is 14.3 Å². The van der Waals surface area contributed by atoms with Crippen LogP contribution < -0.4 is 4.74 Å². The molecule has 1 saturated carbocycles. The molecule has 30 heavy (non-hydrogen) atoms. The first-order chi connectivity index (χ1) is 14.4.